The molecule has 0 atom stereocenters. The maximum Gasteiger partial charge on any atom is 0.351 e. The van der Waals surface area contributed by atoms with Gasteiger partial charge in [-0.05, 0) is 12.8 Å². The Hall–Kier alpha value is -1.11. The summed E-state index contributed by atoms with van der Waals surface area (Å²) in [6.45, 7) is 2.25. The molecule has 2 heterocycles. The third-order valence-corrected chi connectivity index (χ3v) is 4.11. The monoisotopic (exact) mass is 302 g/mol. The maximum absolute atomic E-state index is 11.4. The predicted molar refractivity (Wildman–Crippen MR) is 75.1 cm³/mol. The molecule has 0 aromatic carbocycles. The number of nitrogens with zero attached hydrogens (tertiary/aromatic N) is 1. The third-order valence-electron chi connectivity index (χ3n) is 2.74. The van der Waals surface area contributed by atoms with Crippen LogP contribution in [-0.4, -0.2) is 37.8 Å². The van der Waals surface area contributed by atoms with Crippen LogP contribution in [-0.2, 0) is 9.47 Å². The molecule has 0 saturated heterocycles. The van der Waals surface area contributed by atoms with Crippen LogP contribution in [0.1, 0.15) is 22.5 Å². The number of nitrogens with one attached hydrogen (secondary N) is 1. The molecule has 0 bridgehead atoms. The molecular formula is C12H15ClN2O3S. The molecule has 1 N–H and O–H groups in total. The average Bonchev–Trinajstić information content (AvgIpc) is 2.80. The lowest BCUT2D eigenvalue weighted by Gasteiger charge is -2.13. The quantitative estimate of drug-likeness (QED) is 0.669. The van der Waals surface area contributed by atoms with Crippen LogP contribution in [0.3, 0.4) is 0 Å². The van der Waals surface area contributed by atoms with E-state index in [1.165, 1.54) is 24.0 Å². The zero-order valence-electron chi connectivity index (χ0n) is 10.6. The molecule has 0 amide bonds. The van der Waals surface area contributed by atoms with Crippen LogP contribution in [0, 0.1) is 0 Å². The number of ether oxygens (including phenoxy) is 2. The first kappa shape index (κ1) is 14.3. The van der Waals surface area contributed by atoms with Crippen molar-refractivity contribution < 1.29 is 14.3 Å². The third kappa shape index (κ3) is 3.92. The molecule has 1 aliphatic rings. The Bertz CT molecular complexity index is 487. The van der Waals surface area contributed by atoms with Crippen molar-refractivity contribution in [3.05, 3.63) is 21.7 Å². The summed E-state index contributed by atoms with van der Waals surface area (Å²) >= 11 is 7.08. The number of thiazole rings is 1. The van der Waals surface area contributed by atoms with Gasteiger partial charge in [0.15, 0.2) is 15.2 Å². The maximum atomic E-state index is 11.4. The van der Waals surface area contributed by atoms with E-state index in [9.17, 15) is 4.79 Å². The zero-order chi connectivity index (χ0) is 13.7. The second-order valence-corrected chi connectivity index (χ2v) is 5.35. The fourth-order valence-corrected chi connectivity index (χ4v) is 2.85. The highest BCUT2D eigenvalue weighted by atomic mass is 35.5. The molecule has 1 aromatic heterocycles. The van der Waals surface area contributed by atoms with Crippen LogP contribution in [0.25, 0.3) is 0 Å². The van der Waals surface area contributed by atoms with E-state index in [1.54, 1.807) is 0 Å². The molecule has 2 rings (SSSR count). The highest BCUT2D eigenvalue weighted by Crippen LogP contribution is 2.27. The van der Waals surface area contributed by atoms with Gasteiger partial charge in [-0.15, -0.1) is 0 Å². The summed E-state index contributed by atoms with van der Waals surface area (Å²) in [4.78, 5) is 15.8. The molecule has 19 heavy (non-hydrogen) atoms. The molecular weight excluding hydrogens is 288 g/mol. The van der Waals surface area contributed by atoms with Crippen LogP contribution >= 0.6 is 22.9 Å². The van der Waals surface area contributed by atoms with Gasteiger partial charge in [-0.1, -0.05) is 34.6 Å². The molecule has 0 saturated carbocycles. The standard InChI is InChI=1S/C12H15ClN2O3S/c1-17-11(16)9-10(13)15-12(19-9)14-5-2-8-3-6-18-7-4-8/h3H,2,4-7H2,1H3,(H,14,15). The van der Waals surface area contributed by atoms with Crippen molar-refractivity contribution in [1.82, 2.24) is 4.98 Å². The molecule has 0 unspecified atom stereocenters. The molecule has 1 aliphatic heterocycles. The van der Waals surface area contributed by atoms with E-state index in [0.717, 1.165) is 26.0 Å². The lowest BCUT2D eigenvalue weighted by atomic mass is 10.1. The van der Waals surface area contributed by atoms with Crippen LogP contribution in [0.2, 0.25) is 5.15 Å². The number of hydrogen-bond acceptors (Lipinski definition) is 6. The van der Waals surface area contributed by atoms with Crippen molar-refractivity contribution in [2.75, 3.05) is 32.2 Å². The van der Waals surface area contributed by atoms with E-state index in [1.807, 2.05) is 0 Å². The average molecular weight is 303 g/mol. The van der Waals surface area contributed by atoms with Gasteiger partial charge in [0.25, 0.3) is 0 Å². The Kier molecular flexibility index (Phi) is 5.18. The van der Waals surface area contributed by atoms with Crippen LogP contribution in [0.15, 0.2) is 11.6 Å². The first-order valence-corrected chi connectivity index (χ1v) is 7.14. The van der Waals surface area contributed by atoms with Crippen molar-refractivity contribution in [3.8, 4) is 0 Å². The van der Waals surface area contributed by atoms with Gasteiger partial charge in [-0.25, -0.2) is 9.78 Å². The van der Waals surface area contributed by atoms with E-state index >= 15 is 0 Å². The van der Waals surface area contributed by atoms with Gasteiger partial charge < -0.3 is 14.8 Å². The second-order valence-electron chi connectivity index (χ2n) is 3.99. The van der Waals surface area contributed by atoms with Crippen LogP contribution in [0.4, 0.5) is 5.13 Å². The smallest absolute Gasteiger partial charge is 0.351 e. The predicted octanol–water partition coefficient (Wildman–Crippen LogP) is 2.73. The number of rotatable bonds is 5. The molecule has 0 fully saturated rings. The van der Waals surface area contributed by atoms with Gasteiger partial charge in [-0.3, -0.25) is 0 Å². The van der Waals surface area contributed by atoms with Crippen LogP contribution in [0.5, 0.6) is 0 Å². The van der Waals surface area contributed by atoms with Crippen LogP contribution < -0.4 is 5.32 Å². The van der Waals surface area contributed by atoms with Crippen molar-refractivity contribution >= 4 is 34.0 Å². The van der Waals surface area contributed by atoms with Gasteiger partial charge in [-0.2, -0.15) is 0 Å². The second kappa shape index (κ2) is 6.88. The summed E-state index contributed by atoms with van der Waals surface area (Å²) in [5.41, 5.74) is 1.38. The minimum Gasteiger partial charge on any atom is -0.465 e. The van der Waals surface area contributed by atoms with Gasteiger partial charge >= 0.3 is 5.97 Å². The molecule has 7 heteroatoms. The Labute approximate surface area is 120 Å². The van der Waals surface area contributed by atoms with Gasteiger partial charge in [0, 0.05) is 6.54 Å². The van der Waals surface area contributed by atoms with Gasteiger partial charge in [0.05, 0.1) is 20.3 Å². The van der Waals surface area contributed by atoms with E-state index in [4.69, 9.17) is 16.3 Å². The Morgan fingerprint density at radius 3 is 3.21 bits per heavy atom. The Balaban J connectivity index is 1.86. The summed E-state index contributed by atoms with van der Waals surface area (Å²) in [6.07, 6.45) is 4.03. The summed E-state index contributed by atoms with van der Waals surface area (Å²) < 4.78 is 9.87. The van der Waals surface area contributed by atoms with Crippen molar-refractivity contribution in [3.63, 3.8) is 0 Å². The molecule has 0 radical (unpaired) electrons. The zero-order valence-corrected chi connectivity index (χ0v) is 12.1. The molecule has 0 aliphatic carbocycles. The highest BCUT2D eigenvalue weighted by Gasteiger charge is 2.17. The SMILES string of the molecule is COC(=O)c1sc(NCCC2=CCOCC2)nc1Cl. The fourth-order valence-electron chi connectivity index (χ4n) is 1.72. The summed E-state index contributed by atoms with van der Waals surface area (Å²) in [7, 11) is 1.32. The normalized spacial score (nSPS) is 14.9. The molecule has 5 nitrogen and oxygen atoms in total. The van der Waals surface area contributed by atoms with Crippen molar-refractivity contribution in [2.24, 2.45) is 0 Å². The van der Waals surface area contributed by atoms with E-state index < -0.39 is 5.97 Å². The number of esters is 1. The number of halogens is 1. The number of aromatic nitrogens is 1. The first-order chi connectivity index (χ1) is 9.20. The summed E-state index contributed by atoms with van der Waals surface area (Å²) in [6, 6.07) is 0. The fraction of sp³-hybridized carbons (Fsp3) is 0.500. The first-order valence-electron chi connectivity index (χ1n) is 5.95. The number of hydrogen-bond donors (Lipinski definition) is 1. The number of carbonyl (C=O) groups is 1. The number of carbonyl (C=O) groups excluding carboxylic acids is 1. The molecule has 104 valence electrons. The lowest BCUT2D eigenvalue weighted by Crippen LogP contribution is -2.08. The Morgan fingerprint density at radius 1 is 1.68 bits per heavy atom. The number of anilines is 1. The lowest BCUT2D eigenvalue weighted by molar-refractivity contribution is 0.0606. The minimum atomic E-state index is -0.456. The molecule has 0 spiro atoms. The van der Waals surface area contributed by atoms with E-state index in [-0.39, 0.29) is 5.15 Å². The van der Waals surface area contributed by atoms with Crippen molar-refractivity contribution in [1.29, 1.82) is 0 Å². The Morgan fingerprint density at radius 2 is 2.53 bits per heavy atom. The highest BCUT2D eigenvalue weighted by molar-refractivity contribution is 7.18. The van der Waals surface area contributed by atoms with Gasteiger partial charge in [0.1, 0.15) is 0 Å². The topological polar surface area (TPSA) is 60.5 Å². The van der Waals surface area contributed by atoms with E-state index in [2.05, 4.69) is 21.1 Å². The number of methoxy groups -OCH3 is 1. The largest absolute Gasteiger partial charge is 0.465 e. The summed E-state index contributed by atoms with van der Waals surface area (Å²) in [5.74, 6) is -0.456. The van der Waals surface area contributed by atoms with E-state index in [0.29, 0.717) is 16.6 Å². The summed E-state index contributed by atoms with van der Waals surface area (Å²) in [5, 5.41) is 3.99. The molecule has 1 aromatic rings. The van der Waals surface area contributed by atoms with Gasteiger partial charge in [0.2, 0.25) is 0 Å². The minimum absolute atomic E-state index is 0.185. The van der Waals surface area contributed by atoms with Crippen molar-refractivity contribution in [2.45, 2.75) is 12.8 Å².